The predicted molar refractivity (Wildman–Crippen MR) is 85.6 cm³/mol. The molecule has 1 aromatic carbocycles. The van der Waals surface area contributed by atoms with Crippen molar-refractivity contribution in [1.29, 1.82) is 0 Å². The number of nitrogens with one attached hydrogen (secondary N) is 2. The summed E-state index contributed by atoms with van der Waals surface area (Å²) >= 11 is 11.2. The Labute approximate surface area is 130 Å². The number of hydrogen-bond donors (Lipinski definition) is 2. The second kappa shape index (κ2) is 7.60. The van der Waals surface area contributed by atoms with E-state index in [1.165, 1.54) is 12.8 Å². The highest BCUT2D eigenvalue weighted by molar-refractivity contribution is 7.80. The Bertz CT molecular complexity index is 487. The van der Waals surface area contributed by atoms with E-state index >= 15 is 0 Å². The van der Waals surface area contributed by atoms with E-state index in [1.54, 1.807) is 0 Å². The topological polar surface area (TPSA) is 41.1 Å². The Hall–Kier alpha value is -1.13. The van der Waals surface area contributed by atoms with E-state index in [1.807, 2.05) is 24.3 Å². The van der Waals surface area contributed by atoms with Crippen LogP contribution in [0.1, 0.15) is 37.7 Å². The fraction of sp³-hybridized carbons (Fsp3) is 0.467. The van der Waals surface area contributed by atoms with Gasteiger partial charge in [-0.15, -0.1) is 0 Å². The zero-order valence-electron chi connectivity index (χ0n) is 11.3. The summed E-state index contributed by atoms with van der Waals surface area (Å²) in [5.41, 5.74) is 0.960. The summed E-state index contributed by atoms with van der Waals surface area (Å²) in [7, 11) is 0. The molecule has 0 radical (unpaired) electrons. The molecule has 0 aromatic heterocycles. The van der Waals surface area contributed by atoms with Gasteiger partial charge in [0.25, 0.3) is 0 Å². The first kappa shape index (κ1) is 15.3. The van der Waals surface area contributed by atoms with Crippen molar-refractivity contribution in [3.8, 4) is 0 Å². The molecule has 1 aliphatic carbocycles. The smallest absolute Gasteiger partial charge is 0.226 e. The number of halogens is 1. The third kappa shape index (κ3) is 4.76. The molecule has 1 saturated carbocycles. The Kier molecular flexibility index (Phi) is 5.80. The van der Waals surface area contributed by atoms with Crippen LogP contribution in [-0.2, 0) is 11.3 Å². The number of amides is 1. The van der Waals surface area contributed by atoms with E-state index in [2.05, 4.69) is 10.6 Å². The van der Waals surface area contributed by atoms with Crippen molar-refractivity contribution < 1.29 is 4.79 Å². The Morgan fingerprint density at radius 3 is 2.70 bits per heavy atom. The summed E-state index contributed by atoms with van der Waals surface area (Å²) < 4.78 is 0. The second-order valence-corrected chi connectivity index (χ2v) is 5.99. The molecule has 0 heterocycles. The third-order valence-electron chi connectivity index (χ3n) is 3.60. The van der Waals surface area contributed by atoms with Crippen molar-refractivity contribution in [2.45, 2.75) is 38.6 Å². The summed E-state index contributed by atoms with van der Waals surface area (Å²) in [6.07, 6.45) is 5.38. The zero-order chi connectivity index (χ0) is 14.4. The van der Waals surface area contributed by atoms with Gasteiger partial charge in [0.05, 0.1) is 0 Å². The van der Waals surface area contributed by atoms with Gasteiger partial charge in [0.1, 0.15) is 0 Å². The maximum Gasteiger partial charge on any atom is 0.226 e. The molecule has 1 amide bonds. The SMILES string of the molecule is O=C(CC1CCCC1)NC(=S)NCc1ccccc1Cl. The zero-order valence-corrected chi connectivity index (χ0v) is 12.9. The van der Waals surface area contributed by atoms with E-state index in [9.17, 15) is 4.79 Å². The summed E-state index contributed by atoms with van der Waals surface area (Å²) in [6.45, 7) is 0.516. The van der Waals surface area contributed by atoms with E-state index in [-0.39, 0.29) is 5.91 Å². The first-order chi connectivity index (χ1) is 9.65. The van der Waals surface area contributed by atoms with E-state index < -0.39 is 0 Å². The van der Waals surface area contributed by atoms with Crippen molar-refractivity contribution in [2.75, 3.05) is 0 Å². The highest BCUT2D eigenvalue weighted by atomic mass is 35.5. The summed E-state index contributed by atoms with van der Waals surface area (Å²) in [6, 6.07) is 7.57. The molecule has 20 heavy (non-hydrogen) atoms. The van der Waals surface area contributed by atoms with Gasteiger partial charge in [-0.05, 0) is 42.6 Å². The average Bonchev–Trinajstić information content (AvgIpc) is 2.90. The fourth-order valence-corrected chi connectivity index (χ4v) is 2.90. The minimum atomic E-state index is 0.00792. The van der Waals surface area contributed by atoms with Crippen molar-refractivity contribution in [2.24, 2.45) is 5.92 Å². The maximum atomic E-state index is 11.8. The lowest BCUT2D eigenvalue weighted by Gasteiger charge is -2.12. The van der Waals surface area contributed by atoms with Crippen LogP contribution >= 0.6 is 23.8 Å². The highest BCUT2D eigenvalue weighted by Gasteiger charge is 2.18. The molecular weight excluding hydrogens is 292 g/mol. The highest BCUT2D eigenvalue weighted by Crippen LogP contribution is 2.27. The van der Waals surface area contributed by atoms with E-state index in [0.717, 1.165) is 18.4 Å². The molecule has 0 atom stereocenters. The van der Waals surface area contributed by atoms with Crippen LogP contribution in [0.2, 0.25) is 5.02 Å². The Balaban J connectivity index is 1.72. The molecule has 2 rings (SSSR count). The monoisotopic (exact) mass is 310 g/mol. The molecule has 1 fully saturated rings. The number of carbonyl (C=O) groups is 1. The first-order valence-corrected chi connectivity index (χ1v) is 7.75. The Morgan fingerprint density at radius 1 is 1.30 bits per heavy atom. The molecule has 0 saturated heterocycles. The van der Waals surface area contributed by atoms with Crippen molar-refractivity contribution in [3.63, 3.8) is 0 Å². The van der Waals surface area contributed by atoms with Crippen LogP contribution in [0.25, 0.3) is 0 Å². The van der Waals surface area contributed by atoms with Crippen LogP contribution in [-0.4, -0.2) is 11.0 Å². The van der Waals surface area contributed by atoms with Gasteiger partial charge in [-0.2, -0.15) is 0 Å². The molecule has 1 aromatic rings. The van der Waals surface area contributed by atoms with Crippen LogP contribution in [0.3, 0.4) is 0 Å². The van der Waals surface area contributed by atoms with E-state index in [4.69, 9.17) is 23.8 Å². The standard InChI is InChI=1S/C15H19ClN2OS/c16-13-8-4-3-7-12(13)10-17-15(20)18-14(19)9-11-5-1-2-6-11/h3-4,7-8,11H,1-2,5-6,9-10H2,(H2,17,18,19,20). The fourth-order valence-electron chi connectivity index (χ4n) is 2.52. The Morgan fingerprint density at radius 2 is 2.00 bits per heavy atom. The van der Waals surface area contributed by atoms with Gasteiger partial charge in [0.2, 0.25) is 5.91 Å². The number of hydrogen-bond acceptors (Lipinski definition) is 2. The molecule has 5 heteroatoms. The normalized spacial score (nSPS) is 15.1. The van der Waals surface area contributed by atoms with Gasteiger partial charge in [0, 0.05) is 18.0 Å². The minimum absolute atomic E-state index is 0.00792. The lowest BCUT2D eigenvalue weighted by Crippen LogP contribution is -2.39. The molecule has 0 unspecified atom stereocenters. The van der Waals surface area contributed by atoms with E-state index in [0.29, 0.717) is 29.0 Å². The number of thiocarbonyl (C=S) groups is 1. The van der Waals surface area contributed by atoms with Gasteiger partial charge in [-0.3, -0.25) is 4.79 Å². The summed E-state index contributed by atoms with van der Waals surface area (Å²) in [5.74, 6) is 0.537. The molecule has 0 aliphatic heterocycles. The first-order valence-electron chi connectivity index (χ1n) is 6.96. The maximum absolute atomic E-state index is 11.8. The van der Waals surface area contributed by atoms with Crippen LogP contribution in [0.4, 0.5) is 0 Å². The largest absolute Gasteiger partial charge is 0.358 e. The van der Waals surface area contributed by atoms with Crippen LogP contribution < -0.4 is 10.6 Å². The lowest BCUT2D eigenvalue weighted by molar-refractivity contribution is -0.120. The summed E-state index contributed by atoms with van der Waals surface area (Å²) in [4.78, 5) is 11.8. The average molecular weight is 311 g/mol. The quantitative estimate of drug-likeness (QED) is 0.837. The van der Waals surface area contributed by atoms with Gasteiger partial charge < -0.3 is 10.6 Å². The molecule has 0 bridgehead atoms. The molecule has 3 nitrogen and oxygen atoms in total. The minimum Gasteiger partial charge on any atom is -0.358 e. The predicted octanol–water partition coefficient (Wildman–Crippen LogP) is 3.41. The second-order valence-electron chi connectivity index (χ2n) is 5.18. The van der Waals surface area contributed by atoms with Gasteiger partial charge in [-0.25, -0.2) is 0 Å². The van der Waals surface area contributed by atoms with Crippen LogP contribution in [0.15, 0.2) is 24.3 Å². The van der Waals surface area contributed by atoms with Crippen molar-refractivity contribution in [1.82, 2.24) is 10.6 Å². The molecule has 0 spiro atoms. The van der Waals surface area contributed by atoms with Gasteiger partial charge in [-0.1, -0.05) is 42.6 Å². The number of carbonyl (C=O) groups excluding carboxylic acids is 1. The third-order valence-corrected chi connectivity index (χ3v) is 4.21. The van der Waals surface area contributed by atoms with Gasteiger partial charge in [0.15, 0.2) is 5.11 Å². The van der Waals surface area contributed by atoms with Crippen LogP contribution in [0, 0.1) is 5.92 Å². The number of benzene rings is 1. The summed E-state index contributed by atoms with van der Waals surface area (Å²) in [5, 5.41) is 6.81. The molecule has 108 valence electrons. The molecule has 1 aliphatic rings. The van der Waals surface area contributed by atoms with Crippen molar-refractivity contribution >= 4 is 34.8 Å². The van der Waals surface area contributed by atoms with Crippen LogP contribution in [0.5, 0.6) is 0 Å². The van der Waals surface area contributed by atoms with Crippen molar-refractivity contribution in [3.05, 3.63) is 34.9 Å². The number of rotatable bonds is 4. The molecular formula is C15H19ClN2OS. The van der Waals surface area contributed by atoms with Gasteiger partial charge >= 0.3 is 0 Å². The molecule has 2 N–H and O–H groups in total. The lowest BCUT2D eigenvalue weighted by atomic mass is 10.0.